The van der Waals surface area contributed by atoms with Gasteiger partial charge in [0.15, 0.2) is 0 Å². The van der Waals surface area contributed by atoms with Crippen molar-refractivity contribution in [2.75, 3.05) is 25.9 Å². The largest absolute Gasteiger partial charge is 0.398 e. The van der Waals surface area contributed by atoms with Crippen LogP contribution < -0.4 is 5.73 Å². The van der Waals surface area contributed by atoms with Crippen molar-refractivity contribution < 1.29 is 9.53 Å². The van der Waals surface area contributed by atoms with Crippen LogP contribution in [-0.4, -0.2) is 37.1 Å². The van der Waals surface area contributed by atoms with Gasteiger partial charge in [-0.05, 0) is 43.9 Å². The number of nitrogens with two attached hydrogens (primary N) is 1. The Balaban J connectivity index is 2.12. The van der Waals surface area contributed by atoms with Crippen LogP contribution in [0.1, 0.15) is 34.3 Å². The molecule has 1 amide bonds. The van der Waals surface area contributed by atoms with Crippen LogP contribution in [0, 0.1) is 13.8 Å². The minimum absolute atomic E-state index is 0.0136. The molecule has 0 aliphatic carbocycles. The van der Waals surface area contributed by atoms with Crippen molar-refractivity contribution >= 4 is 11.6 Å². The normalized spacial score (nSPS) is 18.6. The minimum Gasteiger partial charge on any atom is -0.398 e. The van der Waals surface area contributed by atoms with E-state index in [1.54, 1.807) is 11.0 Å². The number of nitrogens with zero attached hydrogens (tertiary/aromatic N) is 1. The zero-order valence-electron chi connectivity index (χ0n) is 11.9. The fourth-order valence-corrected chi connectivity index (χ4v) is 2.48. The van der Waals surface area contributed by atoms with Crippen molar-refractivity contribution in [2.45, 2.75) is 32.8 Å². The summed E-state index contributed by atoms with van der Waals surface area (Å²) in [4.78, 5) is 14.2. The Morgan fingerprint density at radius 1 is 1.42 bits per heavy atom. The molecule has 0 spiro atoms. The van der Waals surface area contributed by atoms with Crippen LogP contribution in [0.2, 0.25) is 0 Å². The number of carbonyl (C=O) groups excluding carboxylic acids is 1. The smallest absolute Gasteiger partial charge is 0.254 e. The van der Waals surface area contributed by atoms with Gasteiger partial charge in [-0.1, -0.05) is 6.07 Å². The van der Waals surface area contributed by atoms with Crippen molar-refractivity contribution in [1.82, 2.24) is 4.90 Å². The zero-order valence-corrected chi connectivity index (χ0v) is 11.9. The highest BCUT2D eigenvalue weighted by Gasteiger charge is 2.22. The molecule has 1 aliphatic heterocycles. The summed E-state index contributed by atoms with van der Waals surface area (Å²) in [5.41, 5.74) is 9.22. The third-order valence-corrected chi connectivity index (χ3v) is 3.69. The lowest BCUT2D eigenvalue weighted by Gasteiger charge is -2.22. The summed E-state index contributed by atoms with van der Waals surface area (Å²) in [5.74, 6) is 0.0136. The van der Waals surface area contributed by atoms with Gasteiger partial charge in [0.1, 0.15) is 0 Å². The number of ether oxygens (including phenoxy) is 1. The monoisotopic (exact) mass is 262 g/mol. The Morgan fingerprint density at radius 2 is 2.16 bits per heavy atom. The molecule has 2 N–H and O–H groups in total. The standard InChI is InChI=1S/C15H22N2O2/c1-10-7-11(2)14(16)8-13(10)15(18)17(3)9-12-5-4-6-19-12/h7-8,12H,4-6,9,16H2,1-3H3. The third kappa shape index (κ3) is 3.07. The van der Waals surface area contributed by atoms with Gasteiger partial charge in [-0.25, -0.2) is 0 Å². The van der Waals surface area contributed by atoms with E-state index < -0.39 is 0 Å². The van der Waals surface area contributed by atoms with E-state index in [-0.39, 0.29) is 12.0 Å². The Labute approximate surface area is 114 Å². The van der Waals surface area contributed by atoms with E-state index in [4.69, 9.17) is 10.5 Å². The Kier molecular flexibility index (Phi) is 4.10. The van der Waals surface area contributed by atoms with Crippen LogP contribution >= 0.6 is 0 Å². The number of benzene rings is 1. The van der Waals surface area contributed by atoms with Gasteiger partial charge in [0.05, 0.1) is 6.10 Å². The highest BCUT2D eigenvalue weighted by Crippen LogP contribution is 2.20. The van der Waals surface area contributed by atoms with Gasteiger partial charge in [0, 0.05) is 31.5 Å². The molecule has 0 radical (unpaired) electrons. The van der Waals surface area contributed by atoms with Crippen LogP contribution in [0.15, 0.2) is 12.1 Å². The average Bonchev–Trinajstić information content (AvgIpc) is 2.85. The molecule has 0 saturated carbocycles. The van der Waals surface area contributed by atoms with Crippen LogP contribution in [0.4, 0.5) is 5.69 Å². The van der Waals surface area contributed by atoms with Gasteiger partial charge in [-0.15, -0.1) is 0 Å². The number of hydrogen-bond acceptors (Lipinski definition) is 3. The first-order valence-corrected chi connectivity index (χ1v) is 6.73. The maximum Gasteiger partial charge on any atom is 0.254 e. The molecule has 19 heavy (non-hydrogen) atoms. The first-order chi connectivity index (χ1) is 8.99. The molecular weight excluding hydrogens is 240 g/mol. The Hall–Kier alpha value is -1.55. The number of amides is 1. The van der Waals surface area contributed by atoms with Crippen molar-refractivity contribution in [3.05, 3.63) is 28.8 Å². The third-order valence-electron chi connectivity index (χ3n) is 3.69. The summed E-state index contributed by atoms with van der Waals surface area (Å²) < 4.78 is 5.56. The van der Waals surface area contributed by atoms with Gasteiger partial charge in [0.2, 0.25) is 0 Å². The van der Waals surface area contributed by atoms with E-state index in [2.05, 4.69) is 0 Å². The molecule has 0 aromatic heterocycles. The predicted molar refractivity (Wildman–Crippen MR) is 76.3 cm³/mol. The highest BCUT2D eigenvalue weighted by atomic mass is 16.5. The molecule has 4 heteroatoms. The number of hydrogen-bond donors (Lipinski definition) is 1. The SMILES string of the molecule is Cc1cc(C)c(C(=O)N(C)CC2CCCO2)cc1N. The number of rotatable bonds is 3. The molecule has 0 bridgehead atoms. The lowest BCUT2D eigenvalue weighted by Crippen LogP contribution is -2.34. The second kappa shape index (κ2) is 5.61. The van der Waals surface area contributed by atoms with Crippen molar-refractivity contribution in [2.24, 2.45) is 0 Å². The summed E-state index contributed by atoms with van der Waals surface area (Å²) >= 11 is 0. The summed E-state index contributed by atoms with van der Waals surface area (Å²) in [6, 6.07) is 3.74. The van der Waals surface area contributed by atoms with E-state index in [1.165, 1.54) is 0 Å². The van der Waals surface area contributed by atoms with E-state index in [1.807, 2.05) is 27.0 Å². The van der Waals surface area contributed by atoms with Crippen LogP contribution in [0.5, 0.6) is 0 Å². The number of nitrogen functional groups attached to an aromatic ring is 1. The van der Waals surface area contributed by atoms with Gasteiger partial charge in [-0.2, -0.15) is 0 Å². The zero-order chi connectivity index (χ0) is 14.0. The second-order valence-electron chi connectivity index (χ2n) is 5.34. The van der Waals surface area contributed by atoms with Crippen LogP contribution in [0.25, 0.3) is 0 Å². The van der Waals surface area contributed by atoms with Gasteiger partial charge >= 0.3 is 0 Å². The number of aryl methyl sites for hydroxylation is 2. The summed E-state index contributed by atoms with van der Waals surface area (Å²) in [5, 5.41) is 0. The summed E-state index contributed by atoms with van der Waals surface area (Å²) in [6.07, 6.45) is 2.30. The second-order valence-corrected chi connectivity index (χ2v) is 5.34. The van der Waals surface area contributed by atoms with Crippen molar-refractivity contribution in [3.8, 4) is 0 Å². The molecule has 1 fully saturated rings. The molecule has 1 unspecified atom stereocenters. The molecule has 1 aromatic rings. The predicted octanol–water partition coefficient (Wildman–Crippen LogP) is 2.14. The number of likely N-dealkylation sites (N-methyl/N-ethyl adjacent to an activating group) is 1. The first kappa shape index (κ1) is 13.9. The summed E-state index contributed by atoms with van der Waals surface area (Å²) in [7, 11) is 1.82. The molecule has 1 heterocycles. The Bertz CT molecular complexity index is 479. The number of anilines is 1. The van der Waals surface area contributed by atoms with Gasteiger partial charge < -0.3 is 15.4 Å². The average molecular weight is 262 g/mol. The lowest BCUT2D eigenvalue weighted by atomic mass is 10.0. The molecule has 104 valence electrons. The van der Waals surface area contributed by atoms with E-state index in [9.17, 15) is 4.79 Å². The fraction of sp³-hybridized carbons (Fsp3) is 0.533. The molecule has 1 aromatic carbocycles. The topological polar surface area (TPSA) is 55.6 Å². The van der Waals surface area contributed by atoms with Crippen LogP contribution in [0.3, 0.4) is 0 Å². The molecule has 4 nitrogen and oxygen atoms in total. The van der Waals surface area contributed by atoms with E-state index in [0.29, 0.717) is 17.8 Å². The van der Waals surface area contributed by atoms with E-state index in [0.717, 1.165) is 30.6 Å². The maximum atomic E-state index is 12.4. The summed E-state index contributed by atoms with van der Waals surface area (Å²) in [6.45, 7) is 5.35. The van der Waals surface area contributed by atoms with Crippen LogP contribution in [-0.2, 0) is 4.74 Å². The van der Waals surface area contributed by atoms with E-state index >= 15 is 0 Å². The maximum absolute atomic E-state index is 12.4. The van der Waals surface area contributed by atoms with Crippen molar-refractivity contribution in [1.29, 1.82) is 0 Å². The minimum atomic E-state index is 0.0136. The quantitative estimate of drug-likeness (QED) is 0.849. The molecule has 1 aliphatic rings. The lowest BCUT2D eigenvalue weighted by molar-refractivity contribution is 0.0586. The molecule has 1 atom stereocenters. The highest BCUT2D eigenvalue weighted by molar-refractivity contribution is 5.96. The molecule has 2 rings (SSSR count). The van der Waals surface area contributed by atoms with Gasteiger partial charge in [-0.3, -0.25) is 4.79 Å². The van der Waals surface area contributed by atoms with Crippen molar-refractivity contribution in [3.63, 3.8) is 0 Å². The number of carbonyl (C=O) groups is 1. The Morgan fingerprint density at radius 3 is 2.79 bits per heavy atom. The molecular formula is C15H22N2O2. The first-order valence-electron chi connectivity index (χ1n) is 6.73. The fourth-order valence-electron chi connectivity index (χ4n) is 2.48. The molecule has 1 saturated heterocycles. The van der Waals surface area contributed by atoms with Gasteiger partial charge in [0.25, 0.3) is 5.91 Å².